The maximum absolute atomic E-state index is 12.4. The van der Waals surface area contributed by atoms with Crippen LogP contribution in [-0.4, -0.2) is 66.4 Å². The Hall–Kier alpha value is -0.810. The highest BCUT2D eigenvalue weighted by atomic mass is 16.5. The van der Waals surface area contributed by atoms with E-state index in [9.17, 15) is 9.90 Å². The van der Waals surface area contributed by atoms with Crippen LogP contribution in [0.15, 0.2) is 0 Å². The first kappa shape index (κ1) is 12.6. The van der Waals surface area contributed by atoms with Crippen LogP contribution >= 0.6 is 0 Å². The molecule has 2 unspecified atom stereocenters. The molecule has 0 saturated carbocycles. The molecule has 17 heavy (non-hydrogen) atoms. The Morgan fingerprint density at radius 2 is 2.29 bits per heavy atom. The minimum Gasteiger partial charge on any atom is -0.394 e. The molecule has 2 saturated heterocycles. The number of urea groups is 1. The summed E-state index contributed by atoms with van der Waals surface area (Å²) in [5, 5.41) is 9.27. The molecule has 2 rings (SSSR count). The van der Waals surface area contributed by atoms with Gasteiger partial charge in [-0.2, -0.15) is 0 Å². The lowest BCUT2D eigenvalue weighted by molar-refractivity contribution is -0.0168. The summed E-state index contributed by atoms with van der Waals surface area (Å²) in [7, 11) is 0. The SMILES string of the molecule is CC1CCCN(C(=O)N2CCOCC2CO)C1. The monoisotopic (exact) mass is 242 g/mol. The Labute approximate surface area is 102 Å². The molecule has 1 N–H and O–H groups in total. The summed E-state index contributed by atoms with van der Waals surface area (Å²) in [4.78, 5) is 16.0. The lowest BCUT2D eigenvalue weighted by Gasteiger charge is -2.40. The van der Waals surface area contributed by atoms with Gasteiger partial charge < -0.3 is 19.6 Å². The predicted octanol–water partition coefficient (Wildman–Crippen LogP) is 0.531. The topological polar surface area (TPSA) is 53.0 Å². The van der Waals surface area contributed by atoms with E-state index in [-0.39, 0.29) is 18.7 Å². The summed E-state index contributed by atoms with van der Waals surface area (Å²) in [6.07, 6.45) is 2.29. The second-order valence-electron chi connectivity index (χ2n) is 5.08. The van der Waals surface area contributed by atoms with Crippen LogP contribution in [0.4, 0.5) is 4.79 Å². The number of morpholine rings is 1. The molecule has 2 amide bonds. The fraction of sp³-hybridized carbons (Fsp3) is 0.917. The van der Waals surface area contributed by atoms with Gasteiger partial charge in [-0.1, -0.05) is 6.92 Å². The van der Waals surface area contributed by atoms with Crippen molar-refractivity contribution in [3.05, 3.63) is 0 Å². The molecule has 2 aliphatic heterocycles. The number of rotatable bonds is 1. The van der Waals surface area contributed by atoms with E-state index >= 15 is 0 Å². The number of likely N-dealkylation sites (tertiary alicyclic amines) is 1. The predicted molar refractivity (Wildman–Crippen MR) is 63.8 cm³/mol. The summed E-state index contributed by atoms with van der Waals surface area (Å²) in [5.41, 5.74) is 0. The van der Waals surface area contributed by atoms with Gasteiger partial charge in [0.15, 0.2) is 0 Å². The van der Waals surface area contributed by atoms with Crippen molar-refractivity contribution in [2.45, 2.75) is 25.8 Å². The summed E-state index contributed by atoms with van der Waals surface area (Å²) in [5.74, 6) is 0.585. The molecule has 0 radical (unpaired) electrons. The summed E-state index contributed by atoms with van der Waals surface area (Å²) in [6.45, 7) is 5.47. The van der Waals surface area contributed by atoms with E-state index in [1.54, 1.807) is 4.90 Å². The molecule has 0 aromatic rings. The van der Waals surface area contributed by atoms with Crippen molar-refractivity contribution in [2.75, 3.05) is 39.5 Å². The highest BCUT2D eigenvalue weighted by Gasteiger charge is 2.31. The van der Waals surface area contributed by atoms with Crippen LogP contribution in [0, 0.1) is 5.92 Å². The number of piperidine rings is 1. The Morgan fingerprint density at radius 3 is 3.00 bits per heavy atom. The molecular weight excluding hydrogens is 220 g/mol. The van der Waals surface area contributed by atoms with E-state index in [2.05, 4.69) is 6.92 Å². The minimum atomic E-state index is -0.173. The van der Waals surface area contributed by atoms with Crippen molar-refractivity contribution in [2.24, 2.45) is 5.92 Å². The summed E-state index contributed by atoms with van der Waals surface area (Å²) >= 11 is 0. The van der Waals surface area contributed by atoms with E-state index in [1.165, 1.54) is 6.42 Å². The highest BCUT2D eigenvalue weighted by molar-refractivity contribution is 5.75. The molecule has 0 aromatic heterocycles. The number of aliphatic hydroxyl groups is 1. The molecule has 2 atom stereocenters. The molecule has 0 aliphatic carbocycles. The van der Waals surface area contributed by atoms with Crippen molar-refractivity contribution >= 4 is 6.03 Å². The normalized spacial score (nSPS) is 30.5. The average molecular weight is 242 g/mol. The van der Waals surface area contributed by atoms with Crippen LogP contribution in [-0.2, 0) is 4.74 Å². The molecule has 2 heterocycles. The van der Waals surface area contributed by atoms with Gasteiger partial charge >= 0.3 is 6.03 Å². The number of amides is 2. The first-order valence-corrected chi connectivity index (χ1v) is 6.46. The number of carbonyl (C=O) groups is 1. The Bertz CT molecular complexity index is 272. The van der Waals surface area contributed by atoms with Crippen molar-refractivity contribution in [3.63, 3.8) is 0 Å². The first-order chi connectivity index (χ1) is 8.22. The number of aliphatic hydroxyl groups excluding tert-OH is 1. The lowest BCUT2D eigenvalue weighted by atomic mass is 10.0. The zero-order chi connectivity index (χ0) is 12.3. The minimum absolute atomic E-state index is 0.0187. The van der Waals surface area contributed by atoms with Gasteiger partial charge in [-0.05, 0) is 18.8 Å². The van der Waals surface area contributed by atoms with Gasteiger partial charge in [0.2, 0.25) is 0 Å². The van der Waals surface area contributed by atoms with Crippen LogP contribution in [0.1, 0.15) is 19.8 Å². The first-order valence-electron chi connectivity index (χ1n) is 6.46. The van der Waals surface area contributed by atoms with E-state index in [0.717, 1.165) is 19.5 Å². The van der Waals surface area contributed by atoms with E-state index in [0.29, 0.717) is 25.7 Å². The number of ether oxygens (including phenoxy) is 1. The fourth-order valence-electron chi connectivity index (χ4n) is 2.60. The van der Waals surface area contributed by atoms with Crippen LogP contribution in [0.3, 0.4) is 0 Å². The molecule has 0 bridgehead atoms. The molecule has 0 aromatic carbocycles. The van der Waals surface area contributed by atoms with E-state index < -0.39 is 0 Å². The van der Waals surface area contributed by atoms with E-state index in [1.807, 2.05) is 4.90 Å². The summed E-state index contributed by atoms with van der Waals surface area (Å²) in [6, 6.07) is -0.104. The molecule has 2 fully saturated rings. The average Bonchev–Trinajstić information content (AvgIpc) is 2.38. The molecule has 5 nitrogen and oxygen atoms in total. The third kappa shape index (κ3) is 2.90. The number of carbonyl (C=O) groups excluding carboxylic acids is 1. The maximum Gasteiger partial charge on any atom is 0.320 e. The van der Waals surface area contributed by atoms with Gasteiger partial charge in [-0.15, -0.1) is 0 Å². The Morgan fingerprint density at radius 1 is 1.47 bits per heavy atom. The smallest absolute Gasteiger partial charge is 0.320 e. The zero-order valence-corrected chi connectivity index (χ0v) is 10.5. The van der Waals surface area contributed by atoms with Crippen LogP contribution in [0.25, 0.3) is 0 Å². The van der Waals surface area contributed by atoms with Crippen LogP contribution in [0.5, 0.6) is 0 Å². The Kier molecular flexibility index (Phi) is 4.23. The highest BCUT2D eigenvalue weighted by Crippen LogP contribution is 2.18. The van der Waals surface area contributed by atoms with Gasteiger partial charge in [0, 0.05) is 19.6 Å². The number of nitrogens with zero attached hydrogens (tertiary/aromatic N) is 2. The third-order valence-electron chi connectivity index (χ3n) is 3.61. The largest absolute Gasteiger partial charge is 0.394 e. The standard InChI is InChI=1S/C12H22N2O3/c1-10-3-2-4-13(7-10)12(16)14-5-6-17-9-11(14)8-15/h10-11,15H,2-9H2,1H3. The van der Waals surface area contributed by atoms with Crippen molar-refractivity contribution in [1.29, 1.82) is 0 Å². The number of hydrogen-bond donors (Lipinski definition) is 1. The molecule has 0 spiro atoms. The van der Waals surface area contributed by atoms with Crippen molar-refractivity contribution in [3.8, 4) is 0 Å². The van der Waals surface area contributed by atoms with Gasteiger partial charge in [0.25, 0.3) is 0 Å². The van der Waals surface area contributed by atoms with Gasteiger partial charge in [0.05, 0.1) is 25.9 Å². The maximum atomic E-state index is 12.4. The quantitative estimate of drug-likeness (QED) is 0.730. The molecular formula is C12H22N2O3. The van der Waals surface area contributed by atoms with Gasteiger partial charge in [-0.25, -0.2) is 4.79 Å². The summed E-state index contributed by atoms with van der Waals surface area (Å²) < 4.78 is 5.29. The second kappa shape index (κ2) is 5.69. The lowest BCUT2D eigenvalue weighted by Crippen LogP contribution is -2.56. The van der Waals surface area contributed by atoms with E-state index in [4.69, 9.17) is 4.74 Å². The van der Waals surface area contributed by atoms with Gasteiger partial charge in [-0.3, -0.25) is 0 Å². The van der Waals surface area contributed by atoms with Gasteiger partial charge in [0.1, 0.15) is 0 Å². The van der Waals surface area contributed by atoms with Crippen LogP contribution < -0.4 is 0 Å². The second-order valence-corrected chi connectivity index (χ2v) is 5.08. The fourth-order valence-corrected chi connectivity index (χ4v) is 2.60. The zero-order valence-electron chi connectivity index (χ0n) is 10.5. The van der Waals surface area contributed by atoms with Crippen LogP contribution in [0.2, 0.25) is 0 Å². The molecule has 5 heteroatoms. The third-order valence-corrected chi connectivity index (χ3v) is 3.61. The van der Waals surface area contributed by atoms with Crippen molar-refractivity contribution < 1.29 is 14.6 Å². The number of hydrogen-bond acceptors (Lipinski definition) is 3. The molecule has 98 valence electrons. The molecule has 2 aliphatic rings. The van der Waals surface area contributed by atoms with Crippen molar-refractivity contribution in [1.82, 2.24) is 9.80 Å². The Balaban J connectivity index is 1.97.